The van der Waals surface area contributed by atoms with Gasteiger partial charge in [-0.3, -0.25) is 4.98 Å². The van der Waals surface area contributed by atoms with Crippen LogP contribution in [0.25, 0.3) is 43.9 Å². The lowest BCUT2D eigenvalue weighted by Gasteiger charge is -2.17. The van der Waals surface area contributed by atoms with Crippen LogP contribution in [0.3, 0.4) is 0 Å². The van der Waals surface area contributed by atoms with Crippen molar-refractivity contribution in [2.75, 3.05) is 0 Å². The van der Waals surface area contributed by atoms with Gasteiger partial charge >= 0.3 is 0 Å². The van der Waals surface area contributed by atoms with E-state index in [1.54, 1.807) is 0 Å². The third kappa shape index (κ3) is 2.68. The van der Waals surface area contributed by atoms with E-state index in [1.807, 2.05) is 12.3 Å². The summed E-state index contributed by atoms with van der Waals surface area (Å²) in [6, 6.07) is 30.4. The van der Waals surface area contributed by atoms with Gasteiger partial charge in [0.2, 0.25) is 0 Å². The second-order valence-corrected chi connectivity index (χ2v) is 7.43. The molecule has 0 atom stereocenters. The normalized spacial score (nSPS) is 11.2. The number of pyridine rings is 1. The number of hydrogen-bond acceptors (Lipinski definition) is 1. The molecule has 0 fully saturated rings. The summed E-state index contributed by atoms with van der Waals surface area (Å²) in [4.78, 5) is 4.85. The van der Waals surface area contributed by atoms with E-state index in [1.165, 1.54) is 49.5 Å². The molecule has 0 bridgehead atoms. The zero-order valence-electron chi connectivity index (χ0n) is 16.1. The summed E-state index contributed by atoms with van der Waals surface area (Å²) in [5.41, 5.74) is 8.52. The number of nitrogens with zero attached hydrogens (tertiary/aromatic N) is 1. The van der Waals surface area contributed by atoms with Crippen LogP contribution in [0.5, 0.6) is 0 Å². The van der Waals surface area contributed by atoms with Crippen LogP contribution in [0.15, 0.2) is 91.1 Å². The van der Waals surface area contributed by atoms with Gasteiger partial charge in [-0.2, -0.15) is 0 Å². The topological polar surface area (TPSA) is 12.9 Å². The third-order valence-corrected chi connectivity index (χ3v) is 5.39. The summed E-state index contributed by atoms with van der Waals surface area (Å²) in [6.45, 7) is 4.29. The van der Waals surface area contributed by atoms with Crippen molar-refractivity contribution >= 4 is 21.7 Å². The Kier molecular flexibility index (Phi) is 3.95. The van der Waals surface area contributed by atoms with Crippen LogP contribution in [-0.2, 0) is 0 Å². The summed E-state index contributed by atoms with van der Waals surface area (Å²) in [5.74, 6) is 0. The van der Waals surface area contributed by atoms with Crippen LogP contribution in [0.1, 0.15) is 11.1 Å². The van der Waals surface area contributed by atoms with Crippen molar-refractivity contribution in [2.24, 2.45) is 0 Å². The number of benzene rings is 4. The fourth-order valence-electron chi connectivity index (χ4n) is 4.20. The van der Waals surface area contributed by atoms with Gasteiger partial charge < -0.3 is 0 Å². The van der Waals surface area contributed by atoms with Crippen LogP contribution in [-0.4, -0.2) is 4.98 Å². The van der Waals surface area contributed by atoms with E-state index in [4.69, 9.17) is 4.98 Å². The zero-order chi connectivity index (χ0) is 19.1. The molecule has 0 saturated carbocycles. The molecule has 0 aliphatic carbocycles. The largest absolute Gasteiger partial charge is 0.256 e. The van der Waals surface area contributed by atoms with E-state index in [0.29, 0.717) is 0 Å². The Morgan fingerprint density at radius 3 is 1.75 bits per heavy atom. The Balaban J connectivity index is 2.00. The van der Waals surface area contributed by atoms with Crippen molar-refractivity contribution < 1.29 is 0 Å². The van der Waals surface area contributed by atoms with Gasteiger partial charge in [-0.25, -0.2) is 0 Å². The van der Waals surface area contributed by atoms with E-state index in [-0.39, 0.29) is 0 Å². The lowest BCUT2D eigenvalue weighted by molar-refractivity contribution is 1.41. The molecular formula is C27H21N. The molecule has 1 nitrogen and oxygen atoms in total. The maximum atomic E-state index is 4.85. The first-order chi connectivity index (χ1) is 13.7. The molecular weight excluding hydrogens is 338 g/mol. The molecule has 28 heavy (non-hydrogen) atoms. The molecule has 0 radical (unpaired) electrons. The Morgan fingerprint density at radius 2 is 1.11 bits per heavy atom. The molecule has 1 heterocycles. The zero-order valence-corrected chi connectivity index (χ0v) is 16.1. The molecule has 0 aliphatic heterocycles. The highest BCUT2D eigenvalue weighted by atomic mass is 14.7. The molecule has 0 N–H and O–H groups in total. The number of hydrogen-bond donors (Lipinski definition) is 0. The van der Waals surface area contributed by atoms with Crippen molar-refractivity contribution in [1.29, 1.82) is 0 Å². The summed E-state index contributed by atoms with van der Waals surface area (Å²) in [6.07, 6.45) is 1.90. The van der Waals surface area contributed by atoms with E-state index in [9.17, 15) is 0 Å². The maximum Gasteiger partial charge on any atom is 0.0792 e. The Hall–Kier alpha value is -3.45. The minimum absolute atomic E-state index is 1.06. The van der Waals surface area contributed by atoms with Crippen molar-refractivity contribution in [3.8, 4) is 22.3 Å². The standard InChI is InChI=1S/C27H21N/c1-18-8-5-10-20(16-18)25-22-12-3-4-13-23(22)26(21-11-6-9-19(2)17-21)27-24(25)14-7-15-28-27/h3-17H,1-2H3. The van der Waals surface area contributed by atoms with Crippen molar-refractivity contribution in [1.82, 2.24) is 4.98 Å². The number of aryl methyl sites for hydroxylation is 2. The fourth-order valence-corrected chi connectivity index (χ4v) is 4.20. The SMILES string of the molecule is Cc1cccc(-c2c3ccccc3c(-c3cccc(C)c3)c3ncccc23)c1. The number of rotatable bonds is 2. The smallest absolute Gasteiger partial charge is 0.0792 e. The van der Waals surface area contributed by atoms with Crippen molar-refractivity contribution in [3.63, 3.8) is 0 Å². The summed E-state index contributed by atoms with van der Waals surface area (Å²) in [5, 5.41) is 3.71. The highest BCUT2D eigenvalue weighted by Gasteiger charge is 2.17. The molecule has 4 aromatic carbocycles. The molecule has 134 valence electrons. The number of fused-ring (bicyclic) bond motifs is 2. The van der Waals surface area contributed by atoms with Crippen LogP contribution in [0.4, 0.5) is 0 Å². The van der Waals surface area contributed by atoms with Crippen molar-refractivity contribution in [3.05, 3.63) is 102 Å². The lowest BCUT2D eigenvalue weighted by Crippen LogP contribution is -1.93. The van der Waals surface area contributed by atoms with E-state index in [2.05, 4.69) is 92.7 Å². The molecule has 0 spiro atoms. The number of aromatic nitrogens is 1. The minimum Gasteiger partial charge on any atom is -0.256 e. The summed E-state index contributed by atoms with van der Waals surface area (Å²) in [7, 11) is 0. The first-order valence-electron chi connectivity index (χ1n) is 9.66. The monoisotopic (exact) mass is 359 g/mol. The van der Waals surface area contributed by atoms with Crippen LogP contribution in [0, 0.1) is 13.8 Å². The van der Waals surface area contributed by atoms with Crippen molar-refractivity contribution in [2.45, 2.75) is 13.8 Å². The predicted molar refractivity (Wildman–Crippen MR) is 120 cm³/mol. The molecule has 5 rings (SSSR count). The molecule has 5 aromatic rings. The highest BCUT2D eigenvalue weighted by molar-refractivity contribution is 6.20. The summed E-state index contributed by atoms with van der Waals surface area (Å²) >= 11 is 0. The van der Waals surface area contributed by atoms with E-state index >= 15 is 0 Å². The van der Waals surface area contributed by atoms with Crippen LogP contribution in [0.2, 0.25) is 0 Å². The fraction of sp³-hybridized carbons (Fsp3) is 0.0741. The van der Waals surface area contributed by atoms with Gasteiger partial charge in [0.05, 0.1) is 5.52 Å². The molecule has 0 unspecified atom stereocenters. The Bertz CT molecular complexity index is 1170. The summed E-state index contributed by atoms with van der Waals surface area (Å²) < 4.78 is 0. The van der Waals surface area contributed by atoms with Gasteiger partial charge in [0.1, 0.15) is 0 Å². The maximum absolute atomic E-state index is 4.85. The van der Waals surface area contributed by atoms with Gasteiger partial charge in [0.25, 0.3) is 0 Å². The second kappa shape index (κ2) is 6.61. The molecule has 1 aromatic heterocycles. The van der Waals surface area contributed by atoms with Gasteiger partial charge in [0.15, 0.2) is 0 Å². The van der Waals surface area contributed by atoms with Crippen LogP contribution < -0.4 is 0 Å². The average molecular weight is 359 g/mol. The average Bonchev–Trinajstić information content (AvgIpc) is 2.72. The lowest BCUT2D eigenvalue weighted by atomic mass is 9.87. The third-order valence-electron chi connectivity index (χ3n) is 5.39. The van der Waals surface area contributed by atoms with Crippen LogP contribution >= 0.6 is 0 Å². The van der Waals surface area contributed by atoms with Gasteiger partial charge in [-0.15, -0.1) is 0 Å². The predicted octanol–water partition coefficient (Wildman–Crippen LogP) is 7.34. The molecule has 0 aliphatic rings. The quantitative estimate of drug-likeness (QED) is 0.300. The van der Waals surface area contributed by atoms with Gasteiger partial charge in [-0.05, 0) is 47.4 Å². The molecule has 1 heteroatoms. The molecule has 0 saturated heterocycles. The highest BCUT2D eigenvalue weighted by Crippen LogP contribution is 2.42. The first-order valence-corrected chi connectivity index (χ1v) is 9.66. The van der Waals surface area contributed by atoms with Gasteiger partial charge in [-0.1, -0.05) is 90.0 Å². The Labute approximate surface area is 165 Å². The Morgan fingerprint density at radius 1 is 0.536 bits per heavy atom. The van der Waals surface area contributed by atoms with Gasteiger partial charge in [0, 0.05) is 17.1 Å². The second-order valence-electron chi connectivity index (χ2n) is 7.43. The van der Waals surface area contributed by atoms with E-state index in [0.717, 1.165) is 5.52 Å². The first kappa shape index (κ1) is 16.7. The molecule has 0 amide bonds. The van der Waals surface area contributed by atoms with E-state index < -0.39 is 0 Å². The minimum atomic E-state index is 1.06.